The van der Waals surface area contributed by atoms with Crippen LogP contribution in [0.2, 0.25) is 0 Å². The molecule has 0 aromatic heterocycles. The number of alkyl halides is 1. The Balaban J connectivity index is 0.00000121. The van der Waals surface area contributed by atoms with Crippen LogP contribution in [0.25, 0.3) is 0 Å². The Labute approximate surface area is 82.7 Å². The average Bonchev–Trinajstić information content (AvgIpc) is 2.29. The van der Waals surface area contributed by atoms with Crippen LogP contribution < -0.4 is 0 Å². The number of hydrogen-bond donors (Lipinski definition) is 1. The van der Waals surface area contributed by atoms with Gasteiger partial charge in [0, 0.05) is 6.54 Å². The van der Waals surface area contributed by atoms with Crippen molar-refractivity contribution in [1.29, 1.82) is 5.41 Å². The molecular weight excluding hydrogens is 223 g/mol. The molecule has 1 heterocycles. The second-order valence-corrected chi connectivity index (χ2v) is 4.84. The zero-order valence-corrected chi connectivity index (χ0v) is 8.68. The van der Waals surface area contributed by atoms with Crippen molar-refractivity contribution in [2.24, 2.45) is 0 Å². The van der Waals surface area contributed by atoms with E-state index in [0.29, 0.717) is 6.54 Å². The Bertz CT molecular complexity index is 265. The molecule has 0 radical (unpaired) electrons. The number of hydrogen-bond acceptors (Lipinski definition) is 3. The van der Waals surface area contributed by atoms with E-state index in [1.807, 2.05) is 0 Å². The summed E-state index contributed by atoms with van der Waals surface area (Å²) in [7, 11) is -2.92. The van der Waals surface area contributed by atoms with Gasteiger partial charge in [0.05, 0.1) is 11.6 Å². The summed E-state index contributed by atoms with van der Waals surface area (Å²) in [5.41, 5.74) is 0. The molecule has 0 atom stereocenters. The minimum absolute atomic E-state index is 0. The average molecular weight is 233 g/mol. The quantitative estimate of drug-likeness (QED) is 0.403. The van der Waals surface area contributed by atoms with Crippen LogP contribution in [0.3, 0.4) is 0 Å². The van der Waals surface area contributed by atoms with Crippen LogP contribution in [0, 0.1) is 5.41 Å². The molecule has 0 aromatic rings. The third-order valence-corrected chi connectivity index (χ3v) is 3.30. The summed E-state index contributed by atoms with van der Waals surface area (Å²) in [4.78, 5) is 1.47. The standard InChI is InChI=1S/C5H9ClN2O2S.ClH/c6-3-5(7)8-1-2-11(9,10)4-8;/h7H,1-4H2;1H. The smallest absolute Gasteiger partial charge is 0.170 e. The minimum Gasteiger partial charge on any atom is -0.344 e. The zero-order chi connectivity index (χ0) is 8.48. The number of halogens is 2. The van der Waals surface area contributed by atoms with Gasteiger partial charge in [-0.05, 0) is 0 Å². The Hall–Kier alpha value is -0.000000000000000111. The van der Waals surface area contributed by atoms with E-state index in [1.165, 1.54) is 4.90 Å². The summed E-state index contributed by atoms with van der Waals surface area (Å²) in [5.74, 6) is 0.369. The van der Waals surface area contributed by atoms with Crippen LogP contribution in [-0.2, 0) is 9.84 Å². The molecule has 0 bridgehead atoms. The fraction of sp³-hybridized carbons (Fsp3) is 0.800. The lowest BCUT2D eigenvalue weighted by atomic mass is 10.5. The molecule has 4 nitrogen and oxygen atoms in total. The van der Waals surface area contributed by atoms with E-state index in [1.54, 1.807) is 0 Å². The first-order valence-electron chi connectivity index (χ1n) is 3.14. The zero-order valence-electron chi connectivity index (χ0n) is 6.29. The highest BCUT2D eigenvalue weighted by Crippen LogP contribution is 2.07. The van der Waals surface area contributed by atoms with Crippen LogP contribution in [0.15, 0.2) is 0 Å². The van der Waals surface area contributed by atoms with Gasteiger partial charge < -0.3 is 4.90 Å². The van der Waals surface area contributed by atoms with E-state index in [4.69, 9.17) is 17.0 Å². The molecule has 0 amide bonds. The van der Waals surface area contributed by atoms with Crippen molar-refractivity contribution in [3.63, 3.8) is 0 Å². The lowest BCUT2D eigenvalue weighted by molar-refractivity contribution is 0.528. The van der Waals surface area contributed by atoms with Crippen molar-refractivity contribution in [3.8, 4) is 0 Å². The van der Waals surface area contributed by atoms with Crippen molar-refractivity contribution in [1.82, 2.24) is 4.90 Å². The third kappa shape index (κ3) is 2.80. The number of sulfone groups is 1. The first kappa shape index (κ1) is 12.0. The number of nitrogens with zero attached hydrogens (tertiary/aromatic N) is 1. The van der Waals surface area contributed by atoms with Crippen LogP contribution in [-0.4, -0.2) is 43.2 Å². The van der Waals surface area contributed by atoms with Gasteiger partial charge in [-0.1, -0.05) is 0 Å². The number of amidine groups is 1. The third-order valence-electron chi connectivity index (χ3n) is 1.53. The van der Waals surface area contributed by atoms with E-state index in [0.717, 1.165) is 0 Å². The predicted molar refractivity (Wildman–Crippen MR) is 51.1 cm³/mol. The van der Waals surface area contributed by atoms with Gasteiger partial charge in [0.15, 0.2) is 9.84 Å². The van der Waals surface area contributed by atoms with Crippen molar-refractivity contribution < 1.29 is 8.42 Å². The molecule has 0 unspecified atom stereocenters. The fourth-order valence-corrected chi connectivity index (χ4v) is 2.47. The first-order chi connectivity index (χ1) is 5.05. The SMILES string of the molecule is Cl.N=C(CCl)N1CCS(=O)(=O)C1. The van der Waals surface area contributed by atoms with Gasteiger partial charge in [0.25, 0.3) is 0 Å². The lowest BCUT2D eigenvalue weighted by Crippen LogP contribution is -2.29. The van der Waals surface area contributed by atoms with Gasteiger partial charge in [0.2, 0.25) is 0 Å². The molecule has 0 aliphatic carbocycles. The topological polar surface area (TPSA) is 61.2 Å². The largest absolute Gasteiger partial charge is 0.344 e. The maximum atomic E-state index is 10.9. The molecular formula is C5H10Cl2N2O2S. The molecule has 0 spiro atoms. The van der Waals surface area contributed by atoms with E-state index < -0.39 is 9.84 Å². The maximum Gasteiger partial charge on any atom is 0.170 e. The van der Waals surface area contributed by atoms with Gasteiger partial charge in [-0.15, -0.1) is 24.0 Å². The van der Waals surface area contributed by atoms with Crippen molar-refractivity contribution in [3.05, 3.63) is 0 Å². The highest BCUT2D eigenvalue weighted by atomic mass is 35.5. The first-order valence-corrected chi connectivity index (χ1v) is 5.49. The molecule has 1 rings (SSSR count). The van der Waals surface area contributed by atoms with E-state index in [-0.39, 0.29) is 35.8 Å². The predicted octanol–water partition coefficient (Wildman–Crippen LogP) is 0.312. The van der Waals surface area contributed by atoms with Crippen LogP contribution in [0.5, 0.6) is 0 Å². The monoisotopic (exact) mass is 232 g/mol. The van der Waals surface area contributed by atoms with Crippen LogP contribution in [0.4, 0.5) is 0 Å². The van der Waals surface area contributed by atoms with Gasteiger partial charge >= 0.3 is 0 Å². The van der Waals surface area contributed by atoms with Crippen LogP contribution >= 0.6 is 24.0 Å². The molecule has 1 fully saturated rings. The molecule has 1 saturated heterocycles. The number of rotatable bonds is 1. The molecule has 7 heteroatoms. The Morgan fingerprint density at radius 3 is 2.50 bits per heavy atom. The molecule has 0 saturated carbocycles. The second kappa shape index (κ2) is 4.30. The van der Waals surface area contributed by atoms with Gasteiger partial charge in [-0.25, -0.2) is 8.42 Å². The maximum absolute atomic E-state index is 10.9. The van der Waals surface area contributed by atoms with Crippen LogP contribution in [0.1, 0.15) is 0 Å². The highest BCUT2D eigenvalue weighted by molar-refractivity contribution is 7.91. The summed E-state index contributed by atoms with van der Waals surface area (Å²) in [5, 5.41) is 7.24. The number of nitrogens with one attached hydrogen (secondary N) is 1. The lowest BCUT2D eigenvalue weighted by Gasteiger charge is -2.13. The molecule has 1 aliphatic rings. The fourth-order valence-electron chi connectivity index (χ4n) is 0.913. The molecule has 12 heavy (non-hydrogen) atoms. The molecule has 1 N–H and O–H groups in total. The summed E-state index contributed by atoms with van der Waals surface area (Å²) in [6.45, 7) is 0.411. The Morgan fingerprint density at radius 2 is 2.17 bits per heavy atom. The van der Waals surface area contributed by atoms with Crippen molar-refractivity contribution >= 4 is 39.7 Å². The van der Waals surface area contributed by atoms with E-state index in [2.05, 4.69) is 0 Å². The minimum atomic E-state index is -2.92. The van der Waals surface area contributed by atoms with Gasteiger partial charge in [0.1, 0.15) is 11.7 Å². The van der Waals surface area contributed by atoms with Gasteiger partial charge in [-0.3, -0.25) is 5.41 Å². The summed E-state index contributed by atoms with van der Waals surface area (Å²) >= 11 is 5.36. The Kier molecular flexibility index (Phi) is 4.30. The van der Waals surface area contributed by atoms with Crippen molar-refractivity contribution in [2.45, 2.75) is 0 Å². The van der Waals surface area contributed by atoms with E-state index >= 15 is 0 Å². The summed E-state index contributed by atoms with van der Waals surface area (Å²) in [6.07, 6.45) is 0. The summed E-state index contributed by atoms with van der Waals surface area (Å²) in [6, 6.07) is 0. The van der Waals surface area contributed by atoms with E-state index in [9.17, 15) is 8.42 Å². The highest BCUT2D eigenvalue weighted by Gasteiger charge is 2.26. The molecule has 0 aromatic carbocycles. The molecule has 1 aliphatic heterocycles. The summed E-state index contributed by atoms with van der Waals surface area (Å²) < 4.78 is 21.8. The second-order valence-electron chi connectivity index (χ2n) is 2.42. The van der Waals surface area contributed by atoms with Crippen molar-refractivity contribution in [2.75, 3.05) is 24.1 Å². The molecule has 72 valence electrons. The van der Waals surface area contributed by atoms with Gasteiger partial charge in [-0.2, -0.15) is 0 Å². The Morgan fingerprint density at radius 1 is 1.58 bits per heavy atom. The normalized spacial score (nSPS) is 20.2.